The van der Waals surface area contributed by atoms with Gasteiger partial charge in [-0.15, -0.1) is 0 Å². The molecular formula is C13H13N3O4. The van der Waals surface area contributed by atoms with E-state index in [1.165, 1.54) is 0 Å². The SMILES string of the molecule is O=C1CCC(C(=O)NC(C(=O)O)c2ccccc2)=NN1. The Kier molecular flexibility index (Phi) is 4.09. The molecule has 1 aliphatic rings. The van der Waals surface area contributed by atoms with Crippen molar-refractivity contribution in [1.82, 2.24) is 10.7 Å². The number of hydrazone groups is 1. The van der Waals surface area contributed by atoms with E-state index >= 15 is 0 Å². The summed E-state index contributed by atoms with van der Waals surface area (Å²) in [7, 11) is 0. The third kappa shape index (κ3) is 3.19. The molecule has 1 unspecified atom stereocenters. The zero-order chi connectivity index (χ0) is 14.5. The van der Waals surface area contributed by atoms with Crippen molar-refractivity contribution in [3.05, 3.63) is 35.9 Å². The van der Waals surface area contributed by atoms with Crippen molar-refractivity contribution >= 4 is 23.5 Å². The van der Waals surface area contributed by atoms with Crippen molar-refractivity contribution < 1.29 is 19.5 Å². The summed E-state index contributed by atoms with van der Waals surface area (Å²) in [4.78, 5) is 34.1. The van der Waals surface area contributed by atoms with Crippen LogP contribution in [0.2, 0.25) is 0 Å². The smallest absolute Gasteiger partial charge is 0.330 e. The van der Waals surface area contributed by atoms with Crippen LogP contribution in [0.1, 0.15) is 24.4 Å². The molecule has 0 bridgehead atoms. The predicted octanol–water partition coefficient (Wildman–Crippen LogP) is 0.194. The van der Waals surface area contributed by atoms with Gasteiger partial charge in [0, 0.05) is 12.8 Å². The molecule has 2 amide bonds. The highest BCUT2D eigenvalue weighted by molar-refractivity contribution is 6.39. The average molecular weight is 275 g/mol. The molecular weight excluding hydrogens is 262 g/mol. The Morgan fingerprint density at radius 1 is 1.25 bits per heavy atom. The molecule has 7 nitrogen and oxygen atoms in total. The predicted molar refractivity (Wildman–Crippen MR) is 69.8 cm³/mol. The Morgan fingerprint density at radius 2 is 1.95 bits per heavy atom. The Hall–Kier alpha value is -2.70. The first-order valence-electron chi connectivity index (χ1n) is 6.02. The molecule has 0 aromatic heterocycles. The Morgan fingerprint density at radius 3 is 2.50 bits per heavy atom. The summed E-state index contributed by atoms with van der Waals surface area (Å²) >= 11 is 0. The number of nitrogens with one attached hydrogen (secondary N) is 2. The van der Waals surface area contributed by atoms with Crippen LogP contribution in [0.5, 0.6) is 0 Å². The van der Waals surface area contributed by atoms with E-state index in [0.717, 1.165) is 0 Å². The number of carboxylic acid groups (broad SMARTS) is 1. The van der Waals surface area contributed by atoms with Gasteiger partial charge in [0.15, 0.2) is 6.04 Å². The molecule has 20 heavy (non-hydrogen) atoms. The number of aliphatic carboxylic acids is 1. The van der Waals surface area contributed by atoms with E-state index in [9.17, 15) is 19.5 Å². The average Bonchev–Trinajstić information content (AvgIpc) is 2.46. The van der Waals surface area contributed by atoms with Gasteiger partial charge in [-0.3, -0.25) is 9.59 Å². The minimum Gasteiger partial charge on any atom is -0.479 e. The number of hydrogen-bond acceptors (Lipinski definition) is 4. The molecule has 1 atom stereocenters. The van der Waals surface area contributed by atoms with Crippen molar-refractivity contribution in [3.8, 4) is 0 Å². The number of nitrogens with zero attached hydrogens (tertiary/aromatic N) is 1. The lowest BCUT2D eigenvalue weighted by Gasteiger charge is -2.17. The Bertz CT molecular complexity index is 568. The third-order valence-corrected chi connectivity index (χ3v) is 2.82. The molecule has 2 rings (SSSR count). The molecule has 7 heteroatoms. The van der Waals surface area contributed by atoms with E-state index in [-0.39, 0.29) is 24.5 Å². The molecule has 3 N–H and O–H groups in total. The molecule has 1 aromatic rings. The highest BCUT2D eigenvalue weighted by atomic mass is 16.4. The molecule has 0 fully saturated rings. The second-order valence-electron chi connectivity index (χ2n) is 4.25. The highest BCUT2D eigenvalue weighted by Gasteiger charge is 2.25. The summed E-state index contributed by atoms with van der Waals surface area (Å²) in [6, 6.07) is 7.22. The van der Waals surface area contributed by atoms with Crippen molar-refractivity contribution in [1.29, 1.82) is 0 Å². The molecule has 1 aromatic carbocycles. The number of hydrogen-bond donors (Lipinski definition) is 3. The van der Waals surface area contributed by atoms with Gasteiger partial charge in [0.25, 0.3) is 5.91 Å². The van der Waals surface area contributed by atoms with Crippen LogP contribution in [0.3, 0.4) is 0 Å². The summed E-state index contributed by atoms with van der Waals surface area (Å²) in [5, 5.41) is 15.2. The maximum absolute atomic E-state index is 11.9. The summed E-state index contributed by atoms with van der Waals surface area (Å²) in [5.74, 6) is -2.02. The molecule has 1 heterocycles. The molecule has 0 saturated heterocycles. The third-order valence-electron chi connectivity index (χ3n) is 2.82. The van der Waals surface area contributed by atoms with Crippen LogP contribution in [-0.2, 0) is 14.4 Å². The van der Waals surface area contributed by atoms with Crippen molar-refractivity contribution in [2.75, 3.05) is 0 Å². The second-order valence-corrected chi connectivity index (χ2v) is 4.25. The summed E-state index contributed by atoms with van der Waals surface area (Å²) < 4.78 is 0. The topological polar surface area (TPSA) is 108 Å². The van der Waals surface area contributed by atoms with Gasteiger partial charge in [0.1, 0.15) is 5.71 Å². The van der Waals surface area contributed by atoms with E-state index in [1.807, 2.05) is 0 Å². The minimum atomic E-state index is -1.16. The minimum absolute atomic E-state index is 0.117. The van der Waals surface area contributed by atoms with Gasteiger partial charge >= 0.3 is 5.97 Å². The number of carbonyl (C=O) groups is 3. The lowest BCUT2D eigenvalue weighted by atomic mass is 10.1. The van der Waals surface area contributed by atoms with Crippen molar-refractivity contribution in [3.63, 3.8) is 0 Å². The van der Waals surface area contributed by atoms with Crippen molar-refractivity contribution in [2.45, 2.75) is 18.9 Å². The standard InChI is InChI=1S/C13H13N3O4/c17-10-7-6-9(15-16-10)12(18)14-11(13(19)20)8-4-2-1-3-5-8/h1-5,11H,6-7H2,(H,14,18)(H,16,17)(H,19,20). The lowest BCUT2D eigenvalue weighted by molar-refractivity contribution is -0.141. The van der Waals surface area contributed by atoms with Gasteiger partial charge < -0.3 is 10.4 Å². The Balaban J connectivity index is 2.11. The molecule has 0 saturated carbocycles. The summed E-state index contributed by atoms with van der Waals surface area (Å²) in [6.07, 6.45) is 0.355. The normalized spacial score (nSPS) is 15.8. The van der Waals surface area contributed by atoms with Gasteiger partial charge in [-0.25, -0.2) is 10.2 Å². The van der Waals surface area contributed by atoms with Crippen LogP contribution in [0.4, 0.5) is 0 Å². The van der Waals surface area contributed by atoms with Crippen LogP contribution in [-0.4, -0.2) is 28.6 Å². The van der Waals surface area contributed by atoms with Crippen LogP contribution < -0.4 is 10.7 Å². The number of amides is 2. The zero-order valence-corrected chi connectivity index (χ0v) is 10.5. The van der Waals surface area contributed by atoms with Crippen LogP contribution in [0, 0.1) is 0 Å². The summed E-state index contributed by atoms with van der Waals surface area (Å²) in [5.41, 5.74) is 2.78. The lowest BCUT2D eigenvalue weighted by Crippen LogP contribution is -2.41. The van der Waals surface area contributed by atoms with Gasteiger partial charge in [-0.05, 0) is 5.56 Å². The molecule has 104 valence electrons. The van der Waals surface area contributed by atoms with E-state index in [0.29, 0.717) is 5.56 Å². The van der Waals surface area contributed by atoms with Gasteiger partial charge in [0.2, 0.25) is 5.91 Å². The van der Waals surface area contributed by atoms with E-state index in [1.54, 1.807) is 30.3 Å². The van der Waals surface area contributed by atoms with Gasteiger partial charge in [-0.1, -0.05) is 30.3 Å². The first kappa shape index (κ1) is 13.7. The second kappa shape index (κ2) is 5.96. The largest absolute Gasteiger partial charge is 0.479 e. The number of rotatable bonds is 4. The van der Waals surface area contributed by atoms with Gasteiger partial charge in [0.05, 0.1) is 0 Å². The number of carboxylic acids is 1. The van der Waals surface area contributed by atoms with Crippen LogP contribution >= 0.6 is 0 Å². The molecule has 0 spiro atoms. The molecule has 0 radical (unpaired) electrons. The maximum atomic E-state index is 11.9. The fourth-order valence-electron chi connectivity index (χ4n) is 1.79. The fourth-order valence-corrected chi connectivity index (χ4v) is 1.79. The van der Waals surface area contributed by atoms with Gasteiger partial charge in [-0.2, -0.15) is 5.10 Å². The first-order chi connectivity index (χ1) is 9.58. The van der Waals surface area contributed by atoms with E-state index in [4.69, 9.17) is 0 Å². The monoisotopic (exact) mass is 275 g/mol. The first-order valence-corrected chi connectivity index (χ1v) is 6.02. The maximum Gasteiger partial charge on any atom is 0.330 e. The van der Waals surface area contributed by atoms with Crippen LogP contribution in [0.25, 0.3) is 0 Å². The summed E-state index contributed by atoms with van der Waals surface area (Å²) in [6.45, 7) is 0. The van der Waals surface area contributed by atoms with Crippen LogP contribution in [0.15, 0.2) is 35.4 Å². The number of carbonyl (C=O) groups excluding carboxylic acids is 2. The van der Waals surface area contributed by atoms with E-state index < -0.39 is 17.9 Å². The number of benzene rings is 1. The molecule has 1 aliphatic heterocycles. The van der Waals surface area contributed by atoms with E-state index in [2.05, 4.69) is 15.8 Å². The quantitative estimate of drug-likeness (QED) is 0.729. The fraction of sp³-hybridized carbons (Fsp3) is 0.231. The zero-order valence-electron chi connectivity index (χ0n) is 10.5. The highest BCUT2D eigenvalue weighted by Crippen LogP contribution is 2.13. The molecule has 0 aliphatic carbocycles. The Labute approximate surface area is 114 Å². The van der Waals surface area contributed by atoms with Crippen molar-refractivity contribution in [2.24, 2.45) is 5.10 Å².